The minimum absolute atomic E-state index is 0.653. The summed E-state index contributed by atoms with van der Waals surface area (Å²) >= 11 is 0. The lowest BCUT2D eigenvalue weighted by molar-refractivity contribution is 0.979. The lowest BCUT2D eigenvalue weighted by Gasteiger charge is -2.27. The van der Waals surface area contributed by atoms with E-state index in [-0.39, 0.29) is 0 Å². The third-order valence-electron chi connectivity index (χ3n) is 12.2. The molecule has 9 aromatic carbocycles. The molecule has 0 saturated heterocycles. The predicted molar refractivity (Wildman–Crippen MR) is 253 cm³/mol. The van der Waals surface area contributed by atoms with Crippen LogP contribution in [0.4, 0.5) is 17.1 Å². The number of rotatable bonds is 7. The van der Waals surface area contributed by atoms with Gasteiger partial charge in [-0.2, -0.15) is 0 Å². The fourth-order valence-electron chi connectivity index (χ4n) is 9.55. The van der Waals surface area contributed by atoms with Crippen molar-refractivity contribution >= 4 is 82.5 Å². The third-order valence-corrected chi connectivity index (χ3v) is 12.2. The van der Waals surface area contributed by atoms with E-state index in [0.29, 0.717) is 6.54 Å². The van der Waals surface area contributed by atoms with Crippen LogP contribution in [0.5, 0.6) is 0 Å². The van der Waals surface area contributed by atoms with Crippen molar-refractivity contribution in [3.05, 3.63) is 218 Å². The Balaban J connectivity index is 1.06. The molecule has 12 rings (SSSR count). The molecule has 284 valence electrons. The topological polar surface area (TPSA) is 44.0 Å². The van der Waals surface area contributed by atoms with E-state index in [0.717, 1.165) is 50.5 Å². The molecule has 3 aromatic heterocycles. The second kappa shape index (κ2) is 13.5. The summed E-state index contributed by atoms with van der Waals surface area (Å²) in [5.41, 5.74) is 21.6. The molecule has 0 spiro atoms. The van der Waals surface area contributed by atoms with E-state index in [9.17, 15) is 0 Å². The molecule has 60 heavy (non-hydrogen) atoms. The van der Waals surface area contributed by atoms with Crippen LogP contribution in [0.2, 0.25) is 0 Å². The van der Waals surface area contributed by atoms with Crippen molar-refractivity contribution in [2.75, 3.05) is 10.6 Å². The first-order valence-corrected chi connectivity index (χ1v) is 20.5. The maximum Gasteiger partial charge on any atom is 0.0655 e. The molecule has 5 heteroatoms. The Bertz CT molecular complexity index is 3580. The number of nitrogens with two attached hydrogens (primary N) is 1. The molecule has 12 aromatic rings. The van der Waals surface area contributed by atoms with Crippen LogP contribution in [0.1, 0.15) is 5.56 Å². The van der Waals surface area contributed by atoms with Gasteiger partial charge in [-0.05, 0) is 96.6 Å². The van der Waals surface area contributed by atoms with E-state index in [1.54, 1.807) is 0 Å². The zero-order chi connectivity index (χ0) is 39.7. The molecule has 0 fully saturated rings. The average Bonchev–Trinajstić information content (AvgIpc) is 3.93. The Morgan fingerprint density at radius 2 is 0.767 bits per heavy atom. The molecular weight excluding hydrogens is 731 g/mol. The summed E-state index contributed by atoms with van der Waals surface area (Å²) in [6, 6.07) is 76.2. The summed E-state index contributed by atoms with van der Waals surface area (Å²) in [6.45, 7) is 0.653. The molecule has 0 bridgehead atoms. The molecule has 0 aliphatic carbocycles. The van der Waals surface area contributed by atoms with Gasteiger partial charge in [0.1, 0.15) is 0 Å². The Hall–Kier alpha value is -8.02. The van der Waals surface area contributed by atoms with Gasteiger partial charge in [0.2, 0.25) is 0 Å². The zero-order valence-corrected chi connectivity index (χ0v) is 32.8. The Labute approximate surface area is 347 Å². The van der Waals surface area contributed by atoms with Crippen molar-refractivity contribution in [3.8, 4) is 17.1 Å². The van der Waals surface area contributed by atoms with Crippen molar-refractivity contribution in [1.29, 1.82) is 0 Å². The highest BCUT2D eigenvalue weighted by molar-refractivity contribution is 6.14. The fraction of sp³-hybridized carbons (Fsp3) is 0.0182. The number of benzene rings is 9. The lowest BCUT2D eigenvalue weighted by Crippen LogP contribution is -2.18. The molecule has 0 unspecified atom stereocenters. The molecule has 0 atom stereocenters. The van der Waals surface area contributed by atoms with Crippen molar-refractivity contribution in [2.24, 2.45) is 0 Å². The first-order valence-electron chi connectivity index (χ1n) is 20.5. The molecular formula is C55H39N5. The van der Waals surface area contributed by atoms with Gasteiger partial charge in [0.25, 0.3) is 0 Å². The van der Waals surface area contributed by atoms with Crippen LogP contribution >= 0.6 is 0 Å². The molecule has 0 aliphatic rings. The molecule has 3 heterocycles. The van der Waals surface area contributed by atoms with Gasteiger partial charge < -0.3 is 24.3 Å². The van der Waals surface area contributed by atoms with E-state index in [2.05, 4.69) is 231 Å². The van der Waals surface area contributed by atoms with Gasteiger partial charge in [-0.3, -0.25) is 0 Å². The SMILES string of the molecule is Nc1cc2c(cc1N(Cc1ccccc1)c1ccc3c(c1)c1ccccc1n3-c1ccccc1)c1ccccc1n2-c1ccc2c(c1)c1ccccc1n2-c1ccccc1. The Morgan fingerprint density at radius 3 is 1.33 bits per heavy atom. The highest BCUT2D eigenvalue weighted by atomic mass is 15.1. The van der Waals surface area contributed by atoms with E-state index in [4.69, 9.17) is 5.73 Å². The highest BCUT2D eigenvalue weighted by Gasteiger charge is 2.22. The van der Waals surface area contributed by atoms with Crippen LogP contribution in [0.15, 0.2) is 212 Å². The number of hydrogen-bond acceptors (Lipinski definition) is 2. The van der Waals surface area contributed by atoms with Crippen molar-refractivity contribution in [1.82, 2.24) is 13.7 Å². The Morgan fingerprint density at radius 1 is 0.333 bits per heavy atom. The molecule has 2 N–H and O–H groups in total. The smallest absolute Gasteiger partial charge is 0.0655 e. The minimum atomic E-state index is 0.653. The summed E-state index contributed by atoms with van der Waals surface area (Å²) in [6.07, 6.45) is 0. The standard InChI is InChI=1S/C55H39N5/c56-48-35-54-47(44-24-12-15-27-51(44)60(54)41-29-31-53-46(33-41)43-23-11-14-26-50(43)59(53)39-20-8-3-9-21-39)34-55(48)57(36-37-16-4-1-5-17-37)40-28-30-52-45(32-40)42-22-10-13-25-49(42)58(52)38-18-6-2-7-19-38/h1-35H,36,56H2. The van der Waals surface area contributed by atoms with Crippen LogP contribution < -0.4 is 10.6 Å². The van der Waals surface area contributed by atoms with Crippen LogP contribution in [-0.4, -0.2) is 13.7 Å². The summed E-state index contributed by atoms with van der Waals surface area (Å²) in [5.74, 6) is 0. The van der Waals surface area contributed by atoms with Gasteiger partial charge in [0, 0.05) is 61.6 Å². The van der Waals surface area contributed by atoms with E-state index in [1.165, 1.54) is 54.6 Å². The van der Waals surface area contributed by atoms with Gasteiger partial charge in [-0.25, -0.2) is 0 Å². The first-order chi connectivity index (χ1) is 29.7. The van der Waals surface area contributed by atoms with Crippen molar-refractivity contribution < 1.29 is 0 Å². The number of nitrogens with zero attached hydrogens (tertiary/aromatic N) is 4. The second-order valence-electron chi connectivity index (χ2n) is 15.6. The summed E-state index contributed by atoms with van der Waals surface area (Å²) in [5, 5.41) is 7.18. The molecule has 0 aliphatic heterocycles. The van der Waals surface area contributed by atoms with Gasteiger partial charge in [0.05, 0.1) is 44.5 Å². The number of aromatic nitrogens is 3. The third kappa shape index (κ3) is 5.26. The maximum atomic E-state index is 7.30. The van der Waals surface area contributed by atoms with E-state index >= 15 is 0 Å². The van der Waals surface area contributed by atoms with Gasteiger partial charge in [0.15, 0.2) is 0 Å². The van der Waals surface area contributed by atoms with Crippen LogP contribution in [-0.2, 0) is 6.54 Å². The van der Waals surface area contributed by atoms with Crippen LogP contribution in [0.25, 0.3) is 82.5 Å². The number of hydrogen-bond donors (Lipinski definition) is 1. The highest BCUT2D eigenvalue weighted by Crippen LogP contribution is 2.43. The lowest BCUT2D eigenvalue weighted by atomic mass is 10.1. The fourth-order valence-corrected chi connectivity index (χ4v) is 9.55. The minimum Gasteiger partial charge on any atom is -0.397 e. The van der Waals surface area contributed by atoms with Crippen LogP contribution in [0, 0.1) is 0 Å². The first kappa shape index (κ1) is 34.1. The number of nitrogen functional groups attached to an aromatic ring is 1. The number of para-hydroxylation sites is 5. The quantitative estimate of drug-likeness (QED) is 0.164. The van der Waals surface area contributed by atoms with Crippen LogP contribution in [0.3, 0.4) is 0 Å². The number of anilines is 3. The van der Waals surface area contributed by atoms with Gasteiger partial charge in [-0.1, -0.05) is 121 Å². The normalized spacial score (nSPS) is 11.8. The molecule has 0 amide bonds. The average molecular weight is 770 g/mol. The van der Waals surface area contributed by atoms with Gasteiger partial charge in [-0.15, -0.1) is 0 Å². The summed E-state index contributed by atoms with van der Waals surface area (Å²) < 4.78 is 7.11. The predicted octanol–water partition coefficient (Wildman–Crippen LogP) is 13.9. The van der Waals surface area contributed by atoms with Gasteiger partial charge >= 0.3 is 0 Å². The molecule has 0 radical (unpaired) electrons. The molecule has 5 nitrogen and oxygen atoms in total. The van der Waals surface area contributed by atoms with Crippen molar-refractivity contribution in [3.63, 3.8) is 0 Å². The second-order valence-corrected chi connectivity index (χ2v) is 15.6. The zero-order valence-electron chi connectivity index (χ0n) is 32.8. The summed E-state index contributed by atoms with van der Waals surface area (Å²) in [7, 11) is 0. The monoisotopic (exact) mass is 769 g/mol. The summed E-state index contributed by atoms with van der Waals surface area (Å²) in [4.78, 5) is 2.38. The maximum absolute atomic E-state index is 7.30. The largest absolute Gasteiger partial charge is 0.397 e. The number of fused-ring (bicyclic) bond motifs is 9. The van der Waals surface area contributed by atoms with Crippen molar-refractivity contribution in [2.45, 2.75) is 6.54 Å². The molecule has 0 saturated carbocycles. The van der Waals surface area contributed by atoms with E-state index < -0.39 is 0 Å². The van der Waals surface area contributed by atoms with E-state index in [1.807, 2.05) is 0 Å². The Kier molecular flexibility index (Phi) is 7.69.